The molecule has 5 nitrogen and oxygen atoms in total. The van der Waals surface area contributed by atoms with Crippen LogP contribution in [0.4, 0.5) is 10.5 Å². The highest BCUT2D eigenvalue weighted by Crippen LogP contribution is 2.27. The van der Waals surface area contributed by atoms with Crippen molar-refractivity contribution in [3.8, 4) is 0 Å². The number of hydrogen-bond acceptors (Lipinski definition) is 3. The number of halogens is 1. The average Bonchev–Trinajstić information content (AvgIpc) is 2.63. The molecule has 0 saturated carbocycles. The van der Waals surface area contributed by atoms with E-state index in [-0.39, 0.29) is 17.9 Å². The molecule has 0 bridgehead atoms. The summed E-state index contributed by atoms with van der Waals surface area (Å²) in [6.45, 7) is 0.587. The number of amides is 1. The second-order valence-corrected chi connectivity index (χ2v) is 3.67. The van der Waals surface area contributed by atoms with Gasteiger partial charge < -0.3 is 9.84 Å². The smallest absolute Gasteiger partial charge is 0.414 e. The predicted molar refractivity (Wildman–Crippen MR) is 57.1 cm³/mol. The lowest BCUT2D eigenvalue weighted by Gasteiger charge is -2.15. The molecule has 0 unspecified atom stereocenters. The standard InChI is InChI=1S/C10H8ClNO4/c11-6-1-2-7(9(13)14)8(5-6)12-3-4-16-10(12)15/h1-2,5H,3-4H2,(H,13,14). The second kappa shape index (κ2) is 4.02. The van der Waals surface area contributed by atoms with Gasteiger partial charge in [0.1, 0.15) is 6.61 Å². The third kappa shape index (κ3) is 1.81. The van der Waals surface area contributed by atoms with Crippen LogP contribution in [-0.4, -0.2) is 30.3 Å². The van der Waals surface area contributed by atoms with Crippen LogP contribution < -0.4 is 4.90 Å². The van der Waals surface area contributed by atoms with Crippen LogP contribution in [0.2, 0.25) is 5.02 Å². The maximum absolute atomic E-state index is 11.3. The van der Waals surface area contributed by atoms with Crippen LogP contribution >= 0.6 is 11.6 Å². The Hall–Kier alpha value is -1.75. The van der Waals surface area contributed by atoms with Gasteiger partial charge in [-0.1, -0.05) is 11.6 Å². The number of nitrogens with zero attached hydrogens (tertiary/aromatic N) is 1. The largest absolute Gasteiger partial charge is 0.478 e. The van der Waals surface area contributed by atoms with E-state index in [1.54, 1.807) is 0 Å². The van der Waals surface area contributed by atoms with Crippen molar-refractivity contribution < 1.29 is 19.4 Å². The summed E-state index contributed by atoms with van der Waals surface area (Å²) in [5.74, 6) is -1.11. The minimum atomic E-state index is -1.11. The zero-order chi connectivity index (χ0) is 11.7. The summed E-state index contributed by atoms with van der Waals surface area (Å²) in [6, 6.07) is 4.28. The van der Waals surface area contributed by atoms with Crippen LogP contribution in [0.5, 0.6) is 0 Å². The molecule has 1 aromatic rings. The zero-order valence-electron chi connectivity index (χ0n) is 8.14. The van der Waals surface area contributed by atoms with E-state index in [4.69, 9.17) is 21.4 Å². The van der Waals surface area contributed by atoms with Crippen molar-refractivity contribution in [2.45, 2.75) is 0 Å². The van der Waals surface area contributed by atoms with Crippen molar-refractivity contribution in [1.82, 2.24) is 0 Å². The number of cyclic esters (lactones) is 1. The number of aromatic carboxylic acids is 1. The summed E-state index contributed by atoms with van der Waals surface area (Å²) in [5, 5.41) is 9.36. The highest BCUT2D eigenvalue weighted by Gasteiger charge is 2.27. The summed E-state index contributed by atoms with van der Waals surface area (Å²) < 4.78 is 4.75. The highest BCUT2D eigenvalue weighted by molar-refractivity contribution is 6.31. The molecule has 1 fully saturated rings. The monoisotopic (exact) mass is 241 g/mol. The van der Waals surface area contributed by atoms with Crippen LogP contribution in [0.25, 0.3) is 0 Å². The number of anilines is 1. The van der Waals surface area contributed by atoms with Crippen LogP contribution in [0.1, 0.15) is 10.4 Å². The second-order valence-electron chi connectivity index (χ2n) is 3.23. The molecule has 0 aromatic heterocycles. The Bertz CT molecular complexity index is 460. The quantitative estimate of drug-likeness (QED) is 0.860. The van der Waals surface area contributed by atoms with Gasteiger partial charge in [0, 0.05) is 5.02 Å². The summed E-state index contributed by atoms with van der Waals surface area (Å²) >= 11 is 5.78. The third-order valence-electron chi connectivity index (χ3n) is 2.24. The van der Waals surface area contributed by atoms with E-state index in [0.29, 0.717) is 11.6 Å². The number of carboxylic acid groups (broad SMARTS) is 1. The van der Waals surface area contributed by atoms with Gasteiger partial charge in [-0.2, -0.15) is 0 Å². The zero-order valence-corrected chi connectivity index (χ0v) is 8.90. The molecule has 0 aliphatic carbocycles. The third-order valence-corrected chi connectivity index (χ3v) is 2.48. The average molecular weight is 242 g/mol. The van der Waals surface area contributed by atoms with Crippen LogP contribution in [0.15, 0.2) is 18.2 Å². The number of carbonyl (C=O) groups is 2. The first-order valence-electron chi connectivity index (χ1n) is 4.57. The van der Waals surface area contributed by atoms with Crippen molar-refractivity contribution in [3.05, 3.63) is 28.8 Å². The molecular weight excluding hydrogens is 234 g/mol. The van der Waals surface area contributed by atoms with Crippen LogP contribution in [0.3, 0.4) is 0 Å². The molecule has 0 radical (unpaired) electrons. The summed E-state index contributed by atoms with van der Waals surface area (Å²) in [6.07, 6.45) is -0.551. The molecule has 1 aliphatic rings. The van der Waals surface area contributed by atoms with Gasteiger partial charge in [0.25, 0.3) is 0 Å². The fourth-order valence-corrected chi connectivity index (χ4v) is 1.69. The van der Waals surface area contributed by atoms with E-state index in [1.165, 1.54) is 23.1 Å². The first-order chi connectivity index (χ1) is 7.59. The lowest BCUT2D eigenvalue weighted by Crippen LogP contribution is -2.25. The molecule has 1 aliphatic heterocycles. The van der Waals surface area contributed by atoms with E-state index in [2.05, 4.69) is 0 Å². The van der Waals surface area contributed by atoms with Crippen LogP contribution in [0, 0.1) is 0 Å². The molecule has 1 saturated heterocycles. The minimum Gasteiger partial charge on any atom is -0.478 e. The number of carbonyl (C=O) groups excluding carboxylic acids is 1. The van der Waals surface area contributed by atoms with Crippen LogP contribution in [-0.2, 0) is 4.74 Å². The maximum atomic E-state index is 11.3. The maximum Gasteiger partial charge on any atom is 0.414 e. The van der Waals surface area contributed by atoms with Gasteiger partial charge in [0.2, 0.25) is 0 Å². The number of rotatable bonds is 2. The summed E-state index contributed by atoms with van der Waals surface area (Å²) in [4.78, 5) is 23.6. The summed E-state index contributed by atoms with van der Waals surface area (Å²) in [5.41, 5.74) is 0.297. The molecule has 6 heteroatoms. The molecule has 16 heavy (non-hydrogen) atoms. The molecule has 1 heterocycles. The molecule has 2 rings (SSSR count). The van der Waals surface area contributed by atoms with E-state index in [9.17, 15) is 9.59 Å². The normalized spacial score (nSPS) is 15.1. The number of benzene rings is 1. The molecule has 1 amide bonds. The topological polar surface area (TPSA) is 66.8 Å². The number of ether oxygens (including phenoxy) is 1. The number of hydrogen-bond donors (Lipinski definition) is 1. The Kier molecular flexibility index (Phi) is 2.70. The predicted octanol–water partition coefficient (Wildman–Crippen LogP) is 1.99. The molecule has 84 valence electrons. The molecule has 0 atom stereocenters. The van der Waals surface area contributed by atoms with Gasteiger partial charge in [0.15, 0.2) is 0 Å². The van der Waals surface area contributed by atoms with E-state index in [0.717, 1.165) is 0 Å². The Labute approximate surface area is 96.2 Å². The Balaban J connectivity index is 2.48. The van der Waals surface area contributed by atoms with E-state index >= 15 is 0 Å². The van der Waals surface area contributed by atoms with Crippen molar-refractivity contribution in [2.24, 2.45) is 0 Å². The fraction of sp³-hybridized carbons (Fsp3) is 0.200. The highest BCUT2D eigenvalue weighted by atomic mass is 35.5. The first kappa shape index (κ1) is 10.8. The van der Waals surface area contributed by atoms with Crippen molar-refractivity contribution in [1.29, 1.82) is 0 Å². The minimum absolute atomic E-state index is 0.0308. The SMILES string of the molecule is O=C(O)c1ccc(Cl)cc1N1CCOC1=O. The number of carboxylic acids is 1. The van der Waals surface area contributed by atoms with Crippen molar-refractivity contribution in [3.63, 3.8) is 0 Å². The van der Waals surface area contributed by atoms with Gasteiger partial charge in [-0.3, -0.25) is 4.90 Å². The molecule has 0 spiro atoms. The molecule has 1 N–H and O–H groups in total. The molecule has 1 aromatic carbocycles. The van der Waals surface area contributed by atoms with Gasteiger partial charge >= 0.3 is 12.1 Å². The lowest BCUT2D eigenvalue weighted by molar-refractivity contribution is 0.0698. The summed E-state index contributed by atoms with van der Waals surface area (Å²) in [7, 11) is 0. The molecular formula is C10H8ClNO4. The lowest BCUT2D eigenvalue weighted by atomic mass is 10.1. The first-order valence-corrected chi connectivity index (χ1v) is 4.94. The Morgan fingerprint density at radius 2 is 2.25 bits per heavy atom. The van der Waals surface area contributed by atoms with Gasteiger partial charge in [0.05, 0.1) is 17.8 Å². The van der Waals surface area contributed by atoms with Crippen molar-refractivity contribution in [2.75, 3.05) is 18.1 Å². The fourth-order valence-electron chi connectivity index (χ4n) is 1.52. The van der Waals surface area contributed by atoms with Gasteiger partial charge in [-0.25, -0.2) is 9.59 Å². The van der Waals surface area contributed by atoms with E-state index < -0.39 is 12.1 Å². The van der Waals surface area contributed by atoms with E-state index in [1.807, 2.05) is 0 Å². The van der Waals surface area contributed by atoms with Gasteiger partial charge in [-0.05, 0) is 18.2 Å². The Morgan fingerprint density at radius 1 is 1.50 bits per heavy atom. The Morgan fingerprint density at radius 3 is 2.81 bits per heavy atom. The van der Waals surface area contributed by atoms with Crippen molar-refractivity contribution >= 4 is 29.4 Å². The van der Waals surface area contributed by atoms with Gasteiger partial charge in [-0.15, -0.1) is 0 Å².